The Hall–Kier alpha value is -1.53. The van der Waals surface area contributed by atoms with Gasteiger partial charge in [-0.3, -0.25) is 4.90 Å². The van der Waals surface area contributed by atoms with Crippen molar-refractivity contribution in [1.29, 1.82) is 0 Å². The van der Waals surface area contributed by atoms with Crippen molar-refractivity contribution in [1.82, 2.24) is 20.0 Å². The molecule has 0 amide bonds. The van der Waals surface area contributed by atoms with Crippen LogP contribution in [0.15, 0.2) is 10.7 Å². The Kier molecular flexibility index (Phi) is 2.76. The van der Waals surface area contributed by atoms with E-state index in [1.54, 1.807) is 6.20 Å². The molecule has 2 aromatic heterocycles. The average molecular weight is 247 g/mol. The number of hydrogen-bond donors (Lipinski definition) is 1. The molecule has 3 heterocycles. The largest absolute Gasteiger partial charge is 0.353 e. The lowest BCUT2D eigenvalue weighted by atomic mass is 9.99. The fourth-order valence-corrected chi connectivity index (χ4v) is 2.54. The molecular formula is C12H17N5O. The summed E-state index contributed by atoms with van der Waals surface area (Å²) < 4.78 is 5.13. The highest BCUT2D eigenvalue weighted by Gasteiger charge is 2.27. The Morgan fingerprint density at radius 2 is 2.28 bits per heavy atom. The van der Waals surface area contributed by atoms with Crippen molar-refractivity contribution >= 4 is 11.1 Å². The van der Waals surface area contributed by atoms with E-state index in [2.05, 4.69) is 27.1 Å². The SMILES string of the molecule is Cc1noc2cnc(C3CCC(N)CN3C)nc12. The Balaban J connectivity index is 1.96. The predicted octanol–water partition coefficient (Wildman–Crippen LogP) is 1.02. The van der Waals surface area contributed by atoms with E-state index in [4.69, 9.17) is 10.3 Å². The fraction of sp³-hybridized carbons (Fsp3) is 0.583. The summed E-state index contributed by atoms with van der Waals surface area (Å²) in [7, 11) is 2.07. The Labute approximate surface area is 105 Å². The van der Waals surface area contributed by atoms with Gasteiger partial charge >= 0.3 is 0 Å². The van der Waals surface area contributed by atoms with Crippen LogP contribution in [0.25, 0.3) is 11.1 Å². The maximum absolute atomic E-state index is 5.96. The topological polar surface area (TPSA) is 81.1 Å². The molecule has 1 aliphatic rings. The summed E-state index contributed by atoms with van der Waals surface area (Å²) in [5.74, 6) is 0.836. The van der Waals surface area contributed by atoms with Crippen molar-refractivity contribution < 1.29 is 4.52 Å². The third-order valence-corrected chi connectivity index (χ3v) is 3.56. The van der Waals surface area contributed by atoms with Crippen molar-refractivity contribution in [2.45, 2.75) is 31.8 Å². The third-order valence-electron chi connectivity index (χ3n) is 3.56. The van der Waals surface area contributed by atoms with Gasteiger partial charge < -0.3 is 10.3 Å². The number of piperidine rings is 1. The Bertz CT molecular complexity index is 567. The second-order valence-electron chi connectivity index (χ2n) is 5.00. The molecule has 2 N–H and O–H groups in total. The quantitative estimate of drug-likeness (QED) is 0.810. The molecule has 1 saturated heterocycles. The van der Waals surface area contributed by atoms with Gasteiger partial charge in [-0.2, -0.15) is 0 Å². The zero-order valence-electron chi connectivity index (χ0n) is 10.6. The molecule has 3 rings (SSSR count). The number of likely N-dealkylation sites (tertiary alicyclic amines) is 1. The van der Waals surface area contributed by atoms with E-state index in [1.807, 2.05) is 6.92 Å². The van der Waals surface area contributed by atoms with Gasteiger partial charge in [-0.1, -0.05) is 5.16 Å². The van der Waals surface area contributed by atoms with Gasteiger partial charge in [0.25, 0.3) is 0 Å². The molecule has 1 aliphatic heterocycles. The number of aryl methyl sites for hydroxylation is 1. The van der Waals surface area contributed by atoms with Crippen molar-refractivity contribution in [2.75, 3.05) is 13.6 Å². The summed E-state index contributed by atoms with van der Waals surface area (Å²) in [5.41, 5.74) is 8.22. The molecule has 2 aromatic rings. The van der Waals surface area contributed by atoms with E-state index in [0.29, 0.717) is 5.58 Å². The van der Waals surface area contributed by atoms with Gasteiger partial charge in [0.1, 0.15) is 17.0 Å². The van der Waals surface area contributed by atoms with Gasteiger partial charge in [0, 0.05) is 12.6 Å². The van der Waals surface area contributed by atoms with Crippen molar-refractivity contribution in [3.05, 3.63) is 17.7 Å². The van der Waals surface area contributed by atoms with Gasteiger partial charge in [-0.15, -0.1) is 0 Å². The lowest BCUT2D eigenvalue weighted by Gasteiger charge is -2.34. The zero-order valence-corrected chi connectivity index (χ0v) is 10.6. The highest BCUT2D eigenvalue weighted by atomic mass is 16.5. The first-order chi connectivity index (χ1) is 8.65. The first-order valence-electron chi connectivity index (χ1n) is 6.20. The highest BCUT2D eigenvalue weighted by Crippen LogP contribution is 2.28. The molecule has 0 aliphatic carbocycles. The van der Waals surface area contributed by atoms with E-state index < -0.39 is 0 Å². The number of nitrogens with two attached hydrogens (primary N) is 1. The summed E-state index contributed by atoms with van der Waals surface area (Å²) in [4.78, 5) is 11.2. The monoisotopic (exact) mass is 247 g/mol. The van der Waals surface area contributed by atoms with Crippen LogP contribution in [-0.2, 0) is 0 Å². The summed E-state index contributed by atoms with van der Waals surface area (Å²) in [5, 5.41) is 3.90. The summed E-state index contributed by atoms with van der Waals surface area (Å²) in [6, 6.07) is 0.496. The highest BCUT2D eigenvalue weighted by molar-refractivity contribution is 5.73. The van der Waals surface area contributed by atoms with Crippen molar-refractivity contribution in [2.24, 2.45) is 5.73 Å². The average Bonchev–Trinajstić information content (AvgIpc) is 2.71. The minimum Gasteiger partial charge on any atom is -0.353 e. The molecule has 0 spiro atoms. The van der Waals surface area contributed by atoms with Gasteiger partial charge in [0.05, 0.1) is 12.2 Å². The van der Waals surface area contributed by atoms with Crippen LogP contribution in [0, 0.1) is 6.92 Å². The zero-order chi connectivity index (χ0) is 12.7. The van der Waals surface area contributed by atoms with Crippen LogP contribution in [0.4, 0.5) is 0 Å². The second-order valence-corrected chi connectivity index (χ2v) is 5.00. The van der Waals surface area contributed by atoms with Crippen LogP contribution in [0.3, 0.4) is 0 Å². The van der Waals surface area contributed by atoms with E-state index in [9.17, 15) is 0 Å². The molecule has 0 bridgehead atoms. The van der Waals surface area contributed by atoms with Crippen LogP contribution in [0.5, 0.6) is 0 Å². The van der Waals surface area contributed by atoms with Gasteiger partial charge in [0.2, 0.25) is 5.58 Å². The minimum atomic E-state index is 0.239. The number of rotatable bonds is 1. The van der Waals surface area contributed by atoms with Crippen molar-refractivity contribution in [3.63, 3.8) is 0 Å². The molecule has 1 fully saturated rings. The van der Waals surface area contributed by atoms with E-state index in [1.165, 1.54) is 0 Å². The normalized spacial score (nSPS) is 25.7. The smallest absolute Gasteiger partial charge is 0.203 e. The van der Waals surface area contributed by atoms with Crippen molar-refractivity contribution in [3.8, 4) is 0 Å². The second kappa shape index (κ2) is 4.29. The van der Waals surface area contributed by atoms with Crippen LogP contribution in [0.2, 0.25) is 0 Å². The molecule has 0 radical (unpaired) electrons. The molecule has 96 valence electrons. The predicted molar refractivity (Wildman–Crippen MR) is 66.9 cm³/mol. The van der Waals surface area contributed by atoms with Gasteiger partial charge in [-0.05, 0) is 26.8 Å². The molecule has 18 heavy (non-hydrogen) atoms. The van der Waals surface area contributed by atoms with Crippen LogP contribution < -0.4 is 5.73 Å². The first-order valence-corrected chi connectivity index (χ1v) is 6.20. The molecule has 2 atom stereocenters. The standard InChI is InChI=1S/C12H17N5O/c1-7-11-10(18-16-7)5-14-12(15-11)9-4-3-8(13)6-17(9)2/h5,8-9H,3-4,6,13H2,1-2H3. The number of likely N-dealkylation sites (N-methyl/N-ethyl adjacent to an activating group) is 1. The van der Waals surface area contributed by atoms with Gasteiger partial charge in [0.15, 0.2) is 0 Å². The lowest BCUT2D eigenvalue weighted by molar-refractivity contribution is 0.163. The number of nitrogens with zero attached hydrogens (tertiary/aromatic N) is 4. The molecule has 2 unspecified atom stereocenters. The van der Waals surface area contributed by atoms with E-state index >= 15 is 0 Å². The summed E-state index contributed by atoms with van der Waals surface area (Å²) in [6.07, 6.45) is 3.71. The molecule has 0 aromatic carbocycles. The number of aromatic nitrogens is 3. The fourth-order valence-electron chi connectivity index (χ4n) is 2.54. The molecule has 6 nitrogen and oxygen atoms in total. The number of hydrogen-bond acceptors (Lipinski definition) is 6. The van der Waals surface area contributed by atoms with Crippen LogP contribution in [-0.4, -0.2) is 39.7 Å². The van der Waals surface area contributed by atoms with E-state index in [-0.39, 0.29) is 12.1 Å². The number of fused-ring (bicyclic) bond motifs is 1. The Morgan fingerprint density at radius 3 is 3.06 bits per heavy atom. The third kappa shape index (κ3) is 1.87. The van der Waals surface area contributed by atoms with Crippen LogP contribution >= 0.6 is 0 Å². The first kappa shape index (κ1) is 11.6. The lowest BCUT2D eigenvalue weighted by Crippen LogP contribution is -2.42. The van der Waals surface area contributed by atoms with E-state index in [0.717, 1.165) is 36.4 Å². The Morgan fingerprint density at radius 1 is 1.44 bits per heavy atom. The maximum atomic E-state index is 5.96. The molecule has 6 heteroatoms. The van der Waals surface area contributed by atoms with Crippen LogP contribution in [0.1, 0.15) is 30.4 Å². The molecular weight excluding hydrogens is 230 g/mol. The summed E-state index contributed by atoms with van der Waals surface area (Å²) in [6.45, 7) is 2.78. The maximum Gasteiger partial charge on any atom is 0.203 e. The minimum absolute atomic E-state index is 0.239. The van der Waals surface area contributed by atoms with Gasteiger partial charge in [-0.25, -0.2) is 9.97 Å². The molecule has 0 saturated carbocycles. The summed E-state index contributed by atoms with van der Waals surface area (Å²) >= 11 is 0.